The first-order chi connectivity index (χ1) is 6.84. The predicted octanol–water partition coefficient (Wildman–Crippen LogP) is 3.61. The Morgan fingerprint density at radius 1 is 1.36 bits per heavy atom. The molecule has 0 spiro atoms. The van der Waals surface area contributed by atoms with Crippen LogP contribution in [0.3, 0.4) is 0 Å². The highest BCUT2D eigenvalue weighted by Crippen LogP contribution is 2.36. The molecule has 0 amide bonds. The number of nitrogens with zero attached hydrogens (tertiary/aromatic N) is 2. The topological polar surface area (TPSA) is 25.8 Å². The largest absolute Gasteiger partial charge is 0.222 e. The molecule has 0 saturated heterocycles. The summed E-state index contributed by atoms with van der Waals surface area (Å²) in [7, 11) is 0. The van der Waals surface area contributed by atoms with Crippen LogP contribution in [0.1, 0.15) is 31.0 Å². The number of hydrogen-bond donors (Lipinski definition) is 0. The molecule has 4 heteroatoms. The average Bonchev–Trinajstić information content (AvgIpc) is 2.48. The molecule has 0 atom stereocenters. The van der Waals surface area contributed by atoms with Crippen LogP contribution in [-0.2, 0) is 0 Å². The number of aromatic nitrogens is 2. The van der Waals surface area contributed by atoms with E-state index >= 15 is 0 Å². The van der Waals surface area contributed by atoms with Gasteiger partial charge in [0, 0.05) is 11.3 Å². The van der Waals surface area contributed by atoms with Crippen LogP contribution in [-0.4, -0.2) is 9.97 Å². The molecule has 1 fully saturated rings. The molecule has 2 heterocycles. The van der Waals surface area contributed by atoms with Gasteiger partial charge in [0.2, 0.25) is 0 Å². The Hall–Kier alpha value is -0.670. The third-order valence-electron chi connectivity index (χ3n) is 2.77. The zero-order chi connectivity index (χ0) is 9.54. The Kier molecular flexibility index (Phi) is 1.96. The fourth-order valence-electron chi connectivity index (χ4n) is 1.68. The molecule has 2 aromatic heterocycles. The Balaban J connectivity index is 2.16. The maximum Gasteiger partial charge on any atom is 0.141 e. The minimum Gasteiger partial charge on any atom is -0.222 e. The van der Waals surface area contributed by atoms with Crippen LogP contribution < -0.4 is 0 Å². The number of fused-ring (bicyclic) bond motifs is 1. The summed E-state index contributed by atoms with van der Waals surface area (Å²) in [5, 5.41) is 3.60. The van der Waals surface area contributed by atoms with Crippen LogP contribution in [0, 0.1) is 0 Å². The van der Waals surface area contributed by atoms with E-state index in [1.807, 2.05) is 11.4 Å². The lowest BCUT2D eigenvalue weighted by Gasteiger charge is -2.23. The van der Waals surface area contributed by atoms with Gasteiger partial charge < -0.3 is 0 Å². The zero-order valence-electron chi connectivity index (χ0n) is 7.53. The lowest BCUT2D eigenvalue weighted by atomic mass is 9.85. The van der Waals surface area contributed by atoms with E-state index in [1.54, 1.807) is 11.3 Å². The minimum atomic E-state index is 0.555. The molecule has 2 aromatic rings. The maximum absolute atomic E-state index is 6.08. The summed E-state index contributed by atoms with van der Waals surface area (Å²) in [5.41, 5.74) is 0. The molecule has 2 nitrogen and oxygen atoms in total. The highest BCUT2D eigenvalue weighted by atomic mass is 35.5. The van der Waals surface area contributed by atoms with Crippen molar-refractivity contribution in [2.75, 3.05) is 0 Å². The summed E-state index contributed by atoms with van der Waals surface area (Å²) >= 11 is 7.72. The van der Waals surface area contributed by atoms with E-state index in [9.17, 15) is 0 Å². The second-order valence-electron chi connectivity index (χ2n) is 3.64. The Morgan fingerprint density at radius 3 is 2.93 bits per heavy atom. The molecule has 0 N–H and O–H groups in total. The number of halogens is 1. The fraction of sp³-hybridized carbons (Fsp3) is 0.400. The van der Waals surface area contributed by atoms with E-state index in [1.165, 1.54) is 19.3 Å². The lowest BCUT2D eigenvalue weighted by Crippen LogP contribution is -2.12. The number of rotatable bonds is 1. The first kappa shape index (κ1) is 8.62. The van der Waals surface area contributed by atoms with Gasteiger partial charge in [-0.15, -0.1) is 11.3 Å². The van der Waals surface area contributed by atoms with Crippen LogP contribution in [0.5, 0.6) is 0 Å². The smallest absolute Gasteiger partial charge is 0.141 e. The molecule has 3 rings (SSSR count). The first-order valence-electron chi connectivity index (χ1n) is 4.75. The molecule has 0 radical (unpaired) electrons. The van der Waals surface area contributed by atoms with Crippen LogP contribution in [0.2, 0.25) is 5.15 Å². The lowest BCUT2D eigenvalue weighted by molar-refractivity contribution is 0.402. The Morgan fingerprint density at radius 2 is 2.21 bits per heavy atom. The molecule has 0 bridgehead atoms. The molecule has 1 aliphatic rings. The summed E-state index contributed by atoms with van der Waals surface area (Å²) in [6.07, 6.45) is 3.73. The molecule has 0 aromatic carbocycles. The monoisotopic (exact) mass is 224 g/mol. The van der Waals surface area contributed by atoms with E-state index in [-0.39, 0.29) is 0 Å². The van der Waals surface area contributed by atoms with Gasteiger partial charge in [0.15, 0.2) is 0 Å². The second kappa shape index (κ2) is 3.17. The minimum absolute atomic E-state index is 0.555. The van der Waals surface area contributed by atoms with Gasteiger partial charge in [0.25, 0.3) is 0 Å². The Bertz CT molecular complexity index is 476. The standard InChI is InChI=1S/C10H9ClN2S/c11-8-7-4-5-14-10(7)13-9(12-8)6-2-1-3-6/h4-6H,1-3H2. The SMILES string of the molecule is Clc1nc(C2CCC2)nc2sccc12. The van der Waals surface area contributed by atoms with Gasteiger partial charge in [0.1, 0.15) is 15.8 Å². The van der Waals surface area contributed by atoms with Gasteiger partial charge in [-0.2, -0.15) is 0 Å². The quantitative estimate of drug-likeness (QED) is 0.692. The molecule has 0 aliphatic heterocycles. The molecule has 72 valence electrons. The highest BCUT2D eigenvalue weighted by Gasteiger charge is 2.23. The average molecular weight is 225 g/mol. The van der Waals surface area contributed by atoms with Gasteiger partial charge in [-0.1, -0.05) is 18.0 Å². The summed E-state index contributed by atoms with van der Waals surface area (Å²) in [5.74, 6) is 1.50. The van der Waals surface area contributed by atoms with Crippen LogP contribution in [0.25, 0.3) is 10.2 Å². The van der Waals surface area contributed by atoms with Gasteiger partial charge >= 0.3 is 0 Å². The van der Waals surface area contributed by atoms with Crippen molar-refractivity contribution < 1.29 is 0 Å². The molecule has 0 unspecified atom stereocenters. The van der Waals surface area contributed by atoms with Crippen molar-refractivity contribution in [2.45, 2.75) is 25.2 Å². The van der Waals surface area contributed by atoms with Crippen LogP contribution in [0.15, 0.2) is 11.4 Å². The first-order valence-corrected chi connectivity index (χ1v) is 6.01. The van der Waals surface area contributed by atoms with Gasteiger partial charge in [-0.25, -0.2) is 9.97 Å². The van der Waals surface area contributed by atoms with Crippen molar-refractivity contribution in [3.63, 3.8) is 0 Å². The normalized spacial score (nSPS) is 17.2. The summed E-state index contributed by atoms with van der Waals surface area (Å²) in [6.45, 7) is 0. The van der Waals surface area contributed by atoms with Crippen LogP contribution in [0.4, 0.5) is 0 Å². The zero-order valence-corrected chi connectivity index (χ0v) is 9.11. The van der Waals surface area contributed by atoms with Crippen molar-refractivity contribution in [3.8, 4) is 0 Å². The second-order valence-corrected chi connectivity index (χ2v) is 4.89. The van der Waals surface area contributed by atoms with Crippen molar-refractivity contribution in [3.05, 3.63) is 22.4 Å². The molecule has 14 heavy (non-hydrogen) atoms. The number of thiophene rings is 1. The van der Waals surface area contributed by atoms with E-state index in [4.69, 9.17) is 11.6 Å². The molecule has 1 aliphatic carbocycles. The van der Waals surface area contributed by atoms with Crippen molar-refractivity contribution in [1.29, 1.82) is 0 Å². The Labute approximate surface area is 90.9 Å². The number of hydrogen-bond acceptors (Lipinski definition) is 3. The van der Waals surface area contributed by atoms with Gasteiger partial charge in [-0.3, -0.25) is 0 Å². The fourth-order valence-corrected chi connectivity index (χ4v) is 2.75. The molecule has 1 saturated carbocycles. The third-order valence-corrected chi connectivity index (χ3v) is 3.86. The van der Waals surface area contributed by atoms with Gasteiger partial charge in [-0.05, 0) is 24.3 Å². The van der Waals surface area contributed by atoms with E-state index in [0.29, 0.717) is 11.1 Å². The van der Waals surface area contributed by atoms with Crippen molar-refractivity contribution in [2.24, 2.45) is 0 Å². The third kappa shape index (κ3) is 1.23. The highest BCUT2D eigenvalue weighted by molar-refractivity contribution is 7.16. The van der Waals surface area contributed by atoms with E-state index < -0.39 is 0 Å². The van der Waals surface area contributed by atoms with Crippen LogP contribution >= 0.6 is 22.9 Å². The summed E-state index contributed by atoms with van der Waals surface area (Å²) < 4.78 is 0. The molecular weight excluding hydrogens is 216 g/mol. The maximum atomic E-state index is 6.08. The van der Waals surface area contributed by atoms with E-state index in [0.717, 1.165) is 16.0 Å². The van der Waals surface area contributed by atoms with Crippen molar-refractivity contribution in [1.82, 2.24) is 9.97 Å². The van der Waals surface area contributed by atoms with E-state index in [2.05, 4.69) is 9.97 Å². The van der Waals surface area contributed by atoms with Crippen molar-refractivity contribution >= 4 is 33.2 Å². The summed E-state index contributed by atoms with van der Waals surface area (Å²) in [4.78, 5) is 9.92. The van der Waals surface area contributed by atoms with Gasteiger partial charge in [0.05, 0.1) is 0 Å². The summed E-state index contributed by atoms with van der Waals surface area (Å²) in [6, 6.07) is 1.98. The predicted molar refractivity (Wildman–Crippen MR) is 59.0 cm³/mol. The molecular formula is C10H9ClN2S.